The van der Waals surface area contributed by atoms with E-state index < -0.39 is 0 Å². The average Bonchev–Trinajstić information content (AvgIpc) is 3.90. The average molecular weight is 800 g/mol. The minimum absolute atomic E-state index is 0.632. The van der Waals surface area contributed by atoms with Crippen molar-refractivity contribution >= 4 is 73.8 Å². The van der Waals surface area contributed by atoms with Crippen molar-refractivity contribution in [3.05, 3.63) is 200 Å². The van der Waals surface area contributed by atoms with E-state index in [1.54, 1.807) is 0 Å². The molecule has 0 aliphatic carbocycles. The highest BCUT2D eigenvalue weighted by molar-refractivity contribution is 7.26. The number of rotatable bonds is 6. The van der Waals surface area contributed by atoms with E-state index in [1.165, 1.54) is 67.8 Å². The molecule has 0 N–H and O–H groups in total. The normalized spacial score (nSPS) is 11.7. The van der Waals surface area contributed by atoms with Gasteiger partial charge in [-0.25, -0.2) is 15.0 Å². The fourth-order valence-corrected chi connectivity index (χ4v) is 11.1. The Morgan fingerprint density at radius 1 is 0.267 bits per heavy atom. The van der Waals surface area contributed by atoms with Gasteiger partial charge in [0.05, 0.1) is 0 Å². The third kappa shape index (κ3) is 5.90. The van der Waals surface area contributed by atoms with Gasteiger partial charge in [-0.1, -0.05) is 170 Å². The number of nitrogens with zero attached hydrogens (tertiary/aromatic N) is 3. The number of aromatic nitrogens is 3. The van der Waals surface area contributed by atoms with E-state index in [2.05, 4.69) is 182 Å². The van der Waals surface area contributed by atoms with Crippen molar-refractivity contribution in [1.29, 1.82) is 0 Å². The number of hydrogen-bond donors (Lipinski definition) is 0. The lowest BCUT2D eigenvalue weighted by molar-refractivity contribution is 1.07. The van der Waals surface area contributed by atoms with Crippen molar-refractivity contribution in [1.82, 2.24) is 15.0 Å². The van der Waals surface area contributed by atoms with Crippen molar-refractivity contribution in [3.8, 4) is 67.5 Å². The first-order valence-corrected chi connectivity index (χ1v) is 21.7. The van der Waals surface area contributed by atoms with E-state index in [0.29, 0.717) is 17.5 Å². The second-order valence-corrected chi connectivity index (χ2v) is 17.2. The largest absolute Gasteiger partial charge is 0.208 e. The fourth-order valence-electron chi connectivity index (χ4n) is 8.64. The zero-order valence-electron chi connectivity index (χ0n) is 32.2. The Bertz CT molecular complexity index is 3470. The molecule has 0 amide bonds. The molecule has 280 valence electrons. The maximum absolute atomic E-state index is 5.30. The van der Waals surface area contributed by atoms with Crippen LogP contribution in [0.2, 0.25) is 0 Å². The molecule has 0 aliphatic rings. The summed E-state index contributed by atoms with van der Waals surface area (Å²) in [5, 5.41) is 7.57. The number of fused-ring (bicyclic) bond motifs is 7. The summed E-state index contributed by atoms with van der Waals surface area (Å²) in [4.78, 5) is 15.7. The Kier molecular flexibility index (Phi) is 8.22. The Labute approximate surface area is 354 Å². The van der Waals surface area contributed by atoms with Crippen LogP contribution in [0.4, 0.5) is 0 Å². The number of hydrogen-bond acceptors (Lipinski definition) is 5. The summed E-state index contributed by atoms with van der Waals surface area (Å²) in [5.74, 6) is 1.90. The quantitative estimate of drug-likeness (QED) is 0.168. The molecule has 0 atom stereocenters. The van der Waals surface area contributed by atoms with Crippen LogP contribution in [-0.2, 0) is 0 Å². The topological polar surface area (TPSA) is 38.7 Å². The lowest BCUT2D eigenvalue weighted by Crippen LogP contribution is -2.00. The summed E-state index contributed by atoms with van der Waals surface area (Å²) < 4.78 is 5.11. The van der Waals surface area contributed by atoms with Crippen LogP contribution in [0.5, 0.6) is 0 Å². The molecule has 0 bridgehead atoms. The third-order valence-electron chi connectivity index (χ3n) is 11.5. The van der Waals surface area contributed by atoms with E-state index in [9.17, 15) is 0 Å². The standard InChI is InChI=1S/C55H33N3S2/c1-2-14-36(15-3-1)53-56-54(37-29-27-35(28-30-37)42-20-10-16-34-13-4-5-17-41(34)42)58-55(57-53)40-32-38(43-21-11-23-47-45-18-6-8-25-49(45)59-51(43)47)31-39(33-40)44-22-12-24-48-46-19-7-9-26-50(46)60-52(44)48/h1-33H. The first-order chi connectivity index (χ1) is 29.7. The van der Waals surface area contributed by atoms with E-state index in [4.69, 9.17) is 15.0 Å². The van der Waals surface area contributed by atoms with Gasteiger partial charge >= 0.3 is 0 Å². The van der Waals surface area contributed by atoms with Crippen LogP contribution in [0, 0.1) is 0 Å². The van der Waals surface area contributed by atoms with Gasteiger partial charge in [0, 0.05) is 57.0 Å². The molecule has 3 nitrogen and oxygen atoms in total. The molecule has 0 fully saturated rings. The molecule has 12 rings (SSSR count). The van der Waals surface area contributed by atoms with Crippen LogP contribution in [0.15, 0.2) is 200 Å². The monoisotopic (exact) mass is 799 g/mol. The molecule has 12 aromatic rings. The minimum atomic E-state index is 0.632. The molecule has 9 aromatic carbocycles. The molecule has 0 aliphatic heterocycles. The van der Waals surface area contributed by atoms with Crippen molar-refractivity contribution in [3.63, 3.8) is 0 Å². The Balaban J connectivity index is 1.07. The van der Waals surface area contributed by atoms with Crippen molar-refractivity contribution in [2.45, 2.75) is 0 Å². The summed E-state index contributed by atoms with van der Waals surface area (Å²) in [6, 6.07) is 71.6. The SMILES string of the molecule is c1ccc(-c2nc(-c3ccc(-c4cccc5ccccc45)cc3)nc(-c3cc(-c4cccc5c4sc4ccccc45)cc(-c4cccc5c4sc4ccccc45)c3)n2)cc1. The van der Waals surface area contributed by atoms with Gasteiger partial charge in [0.25, 0.3) is 0 Å². The number of thiophene rings is 2. The molecule has 5 heteroatoms. The molecule has 0 saturated carbocycles. The van der Waals surface area contributed by atoms with Gasteiger partial charge in [0.15, 0.2) is 17.5 Å². The van der Waals surface area contributed by atoms with Crippen molar-refractivity contribution < 1.29 is 0 Å². The van der Waals surface area contributed by atoms with E-state index >= 15 is 0 Å². The molecule has 0 saturated heterocycles. The predicted octanol–water partition coefficient (Wildman–Crippen LogP) is 15.8. The fraction of sp³-hybridized carbons (Fsp3) is 0. The van der Waals surface area contributed by atoms with Gasteiger partial charge in [-0.2, -0.15) is 0 Å². The van der Waals surface area contributed by atoms with E-state index in [0.717, 1.165) is 33.4 Å². The molecular weight excluding hydrogens is 767 g/mol. The molecule has 60 heavy (non-hydrogen) atoms. The lowest BCUT2D eigenvalue weighted by Gasteiger charge is -2.14. The van der Waals surface area contributed by atoms with Crippen LogP contribution in [0.1, 0.15) is 0 Å². The van der Waals surface area contributed by atoms with E-state index in [-0.39, 0.29) is 0 Å². The molecule has 3 heterocycles. The summed E-state index contributed by atoms with van der Waals surface area (Å²) in [5.41, 5.74) is 9.80. The van der Waals surface area contributed by atoms with Crippen LogP contribution in [0.3, 0.4) is 0 Å². The van der Waals surface area contributed by atoms with Crippen molar-refractivity contribution in [2.24, 2.45) is 0 Å². The highest BCUT2D eigenvalue weighted by Crippen LogP contribution is 2.45. The number of benzene rings is 9. The molecule has 0 spiro atoms. The third-order valence-corrected chi connectivity index (χ3v) is 14.0. The second-order valence-electron chi connectivity index (χ2n) is 15.1. The Morgan fingerprint density at radius 3 is 1.30 bits per heavy atom. The van der Waals surface area contributed by atoms with E-state index in [1.807, 2.05) is 40.9 Å². The summed E-state index contributed by atoms with van der Waals surface area (Å²) in [7, 11) is 0. The summed E-state index contributed by atoms with van der Waals surface area (Å²) in [6.45, 7) is 0. The van der Waals surface area contributed by atoms with Gasteiger partial charge in [-0.05, 0) is 74.5 Å². The van der Waals surface area contributed by atoms with Crippen LogP contribution in [0.25, 0.3) is 119 Å². The van der Waals surface area contributed by atoms with Crippen LogP contribution in [-0.4, -0.2) is 15.0 Å². The van der Waals surface area contributed by atoms with Gasteiger partial charge < -0.3 is 0 Å². The molecule has 0 unspecified atom stereocenters. The molecule has 0 radical (unpaired) electrons. The first kappa shape index (κ1) is 34.7. The van der Waals surface area contributed by atoms with Gasteiger partial charge in [0.2, 0.25) is 0 Å². The predicted molar refractivity (Wildman–Crippen MR) is 256 cm³/mol. The lowest BCUT2D eigenvalue weighted by atomic mass is 9.94. The van der Waals surface area contributed by atoms with Gasteiger partial charge in [-0.3, -0.25) is 0 Å². The minimum Gasteiger partial charge on any atom is -0.208 e. The maximum atomic E-state index is 5.30. The smallest absolute Gasteiger partial charge is 0.164 e. The Hall–Kier alpha value is -7.31. The zero-order valence-corrected chi connectivity index (χ0v) is 33.8. The summed E-state index contributed by atoms with van der Waals surface area (Å²) in [6.07, 6.45) is 0. The zero-order chi connectivity index (χ0) is 39.6. The maximum Gasteiger partial charge on any atom is 0.164 e. The highest BCUT2D eigenvalue weighted by Gasteiger charge is 2.19. The molecular formula is C55H33N3S2. The summed E-state index contributed by atoms with van der Waals surface area (Å²) >= 11 is 3.70. The Morgan fingerprint density at radius 2 is 0.683 bits per heavy atom. The second kappa shape index (κ2) is 14.2. The van der Waals surface area contributed by atoms with Crippen molar-refractivity contribution in [2.75, 3.05) is 0 Å². The van der Waals surface area contributed by atoms with Crippen LogP contribution < -0.4 is 0 Å². The highest BCUT2D eigenvalue weighted by atomic mass is 32.1. The first-order valence-electron chi connectivity index (χ1n) is 20.1. The van der Waals surface area contributed by atoms with Gasteiger partial charge in [0.1, 0.15) is 0 Å². The van der Waals surface area contributed by atoms with Gasteiger partial charge in [-0.15, -0.1) is 22.7 Å². The van der Waals surface area contributed by atoms with Crippen LogP contribution >= 0.6 is 22.7 Å². The molecule has 3 aromatic heterocycles.